The third-order valence-corrected chi connectivity index (χ3v) is 3.51. The molecule has 4 nitrogen and oxygen atoms in total. The summed E-state index contributed by atoms with van der Waals surface area (Å²) in [7, 11) is 0. The molecular formula is C12H14BrN3OS. The Morgan fingerprint density at radius 1 is 1.39 bits per heavy atom. The predicted molar refractivity (Wildman–Crippen MR) is 76.7 cm³/mol. The van der Waals surface area contributed by atoms with Crippen LogP contribution in [0.5, 0.6) is 0 Å². The maximum Gasteiger partial charge on any atom is 0.135 e. The molecule has 0 unspecified atom stereocenters. The van der Waals surface area contributed by atoms with Crippen LogP contribution in [0.1, 0.15) is 18.2 Å². The number of aromatic nitrogens is 2. The predicted octanol–water partition coefficient (Wildman–Crippen LogP) is 3.45. The summed E-state index contributed by atoms with van der Waals surface area (Å²) in [6.07, 6.45) is 0. The Balaban J connectivity index is 1.86. The maximum atomic E-state index is 5.65. The van der Waals surface area contributed by atoms with Crippen molar-refractivity contribution in [3.05, 3.63) is 40.0 Å². The van der Waals surface area contributed by atoms with Gasteiger partial charge in [-0.2, -0.15) is 0 Å². The van der Waals surface area contributed by atoms with Gasteiger partial charge in [0.05, 0.1) is 13.2 Å². The van der Waals surface area contributed by atoms with Crippen molar-refractivity contribution in [3.63, 3.8) is 0 Å². The number of benzene rings is 1. The minimum Gasteiger partial charge on any atom is -0.374 e. The number of hydrogen-bond acceptors (Lipinski definition) is 5. The summed E-state index contributed by atoms with van der Waals surface area (Å²) in [5.74, 6) is 0. The molecule has 0 aliphatic carbocycles. The molecule has 2 rings (SSSR count). The summed E-state index contributed by atoms with van der Waals surface area (Å²) < 4.78 is 10.6. The molecule has 1 aromatic heterocycles. The number of nitrogens with one attached hydrogen (secondary N) is 1. The number of halogens is 1. The molecule has 6 heteroatoms. The normalized spacial score (nSPS) is 10.6. The van der Waals surface area contributed by atoms with Crippen molar-refractivity contribution < 1.29 is 4.74 Å². The van der Waals surface area contributed by atoms with E-state index in [4.69, 9.17) is 4.74 Å². The largest absolute Gasteiger partial charge is 0.374 e. The number of ether oxygens (including phenoxy) is 1. The average Bonchev–Trinajstić information content (AvgIpc) is 2.78. The smallest absolute Gasteiger partial charge is 0.135 e. The first-order valence-electron chi connectivity index (χ1n) is 5.67. The van der Waals surface area contributed by atoms with E-state index in [1.165, 1.54) is 11.5 Å². The van der Waals surface area contributed by atoms with Gasteiger partial charge in [-0.05, 0) is 24.6 Å². The van der Waals surface area contributed by atoms with Gasteiger partial charge in [0.1, 0.15) is 10.7 Å². The van der Waals surface area contributed by atoms with Crippen molar-refractivity contribution >= 4 is 32.5 Å². The van der Waals surface area contributed by atoms with Gasteiger partial charge in [0.2, 0.25) is 0 Å². The topological polar surface area (TPSA) is 47.0 Å². The monoisotopic (exact) mass is 327 g/mol. The molecule has 0 amide bonds. The second-order valence-electron chi connectivity index (χ2n) is 3.70. The van der Waals surface area contributed by atoms with Crippen LogP contribution in [0.4, 0.5) is 5.00 Å². The Kier molecular flexibility index (Phi) is 5.10. The Labute approximate surface area is 119 Å². The van der Waals surface area contributed by atoms with Crippen molar-refractivity contribution in [1.29, 1.82) is 0 Å². The van der Waals surface area contributed by atoms with Crippen molar-refractivity contribution in [2.24, 2.45) is 0 Å². The van der Waals surface area contributed by atoms with E-state index in [2.05, 4.69) is 30.8 Å². The first-order chi connectivity index (χ1) is 8.79. The van der Waals surface area contributed by atoms with Crippen molar-refractivity contribution in [2.75, 3.05) is 11.9 Å². The zero-order valence-electron chi connectivity index (χ0n) is 10.0. The van der Waals surface area contributed by atoms with Crippen LogP contribution in [0.25, 0.3) is 0 Å². The second-order valence-corrected chi connectivity index (χ2v) is 5.37. The zero-order chi connectivity index (χ0) is 12.8. The molecule has 0 spiro atoms. The fraction of sp³-hybridized carbons (Fsp3) is 0.333. The third kappa shape index (κ3) is 3.76. The van der Waals surface area contributed by atoms with E-state index in [1.54, 1.807) is 0 Å². The lowest BCUT2D eigenvalue weighted by Crippen LogP contribution is -2.00. The average molecular weight is 328 g/mol. The van der Waals surface area contributed by atoms with E-state index in [9.17, 15) is 0 Å². The van der Waals surface area contributed by atoms with Crippen LogP contribution in [0, 0.1) is 0 Å². The highest BCUT2D eigenvalue weighted by Crippen LogP contribution is 2.19. The van der Waals surface area contributed by atoms with E-state index in [0.29, 0.717) is 13.2 Å². The maximum absolute atomic E-state index is 5.65. The first kappa shape index (κ1) is 13.5. The highest BCUT2D eigenvalue weighted by Gasteiger charge is 2.06. The lowest BCUT2D eigenvalue weighted by atomic mass is 10.2. The standard InChI is InChI=1S/C12H14BrN3OS/c1-2-14-12-11(15-16-18-12)8-17-7-9-4-3-5-10(13)6-9/h3-6,14H,2,7-8H2,1H3. The first-order valence-corrected chi connectivity index (χ1v) is 7.23. The van der Waals surface area contributed by atoms with Crippen LogP contribution in [0.2, 0.25) is 0 Å². The third-order valence-electron chi connectivity index (χ3n) is 2.29. The highest BCUT2D eigenvalue weighted by molar-refractivity contribution is 9.10. The van der Waals surface area contributed by atoms with Gasteiger partial charge in [-0.1, -0.05) is 32.6 Å². The van der Waals surface area contributed by atoms with E-state index in [0.717, 1.165) is 27.3 Å². The minimum atomic E-state index is 0.478. The lowest BCUT2D eigenvalue weighted by molar-refractivity contribution is 0.105. The second kappa shape index (κ2) is 6.82. The summed E-state index contributed by atoms with van der Waals surface area (Å²) in [4.78, 5) is 0. The molecule has 0 fully saturated rings. The summed E-state index contributed by atoms with van der Waals surface area (Å²) in [5.41, 5.74) is 2.01. The van der Waals surface area contributed by atoms with Gasteiger partial charge in [0, 0.05) is 22.5 Å². The fourth-order valence-electron chi connectivity index (χ4n) is 1.49. The van der Waals surface area contributed by atoms with Crippen LogP contribution in [-0.4, -0.2) is 16.1 Å². The molecule has 96 valence electrons. The molecule has 1 heterocycles. The molecule has 2 aromatic rings. The molecule has 0 atom stereocenters. The van der Waals surface area contributed by atoms with Gasteiger partial charge < -0.3 is 10.1 Å². The van der Waals surface area contributed by atoms with Gasteiger partial charge in [-0.25, -0.2) is 0 Å². The Morgan fingerprint density at radius 3 is 3.06 bits per heavy atom. The minimum absolute atomic E-state index is 0.478. The number of rotatable bonds is 6. The summed E-state index contributed by atoms with van der Waals surface area (Å²) in [6.45, 7) is 3.96. The van der Waals surface area contributed by atoms with Gasteiger partial charge in [-0.3, -0.25) is 0 Å². The molecule has 0 aliphatic rings. The lowest BCUT2D eigenvalue weighted by Gasteiger charge is -2.05. The quantitative estimate of drug-likeness (QED) is 0.882. The van der Waals surface area contributed by atoms with Crippen LogP contribution in [0.3, 0.4) is 0 Å². The molecule has 0 saturated carbocycles. The van der Waals surface area contributed by atoms with Crippen molar-refractivity contribution in [2.45, 2.75) is 20.1 Å². The van der Waals surface area contributed by atoms with E-state index < -0.39 is 0 Å². The van der Waals surface area contributed by atoms with Crippen LogP contribution in [-0.2, 0) is 18.0 Å². The molecule has 0 saturated heterocycles. The molecule has 0 aliphatic heterocycles. The molecule has 18 heavy (non-hydrogen) atoms. The Bertz CT molecular complexity index is 504. The molecule has 0 radical (unpaired) electrons. The fourth-order valence-corrected chi connectivity index (χ4v) is 2.57. The van der Waals surface area contributed by atoms with Crippen molar-refractivity contribution in [1.82, 2.24) is 9.59 Å². The summed E-state index contributed by atoms with van der Waals surface area (Å²) in [5, 5.41) is 8.27. The van der Waals surface area contributed by atoms with Crippen LogP contribution >= 0.6 is 27.5 Å². The van der Waals surface area contributed by atoms with Gasteiger partial charge in [-0.15, -0.1) is 5.10 Å². The SMILES string of the molecule is CCNc1snnc1COCc1cccc(Br)c1. The van der Waals surface area contributed by atoms with Crippen molar-refractivity contribution in [3.8, 4) is 0 Å². The van der Waals surface area contributed by atoms with E-state index >= 15 is 0 Å². The van der Waals surface area contributed by atoms with Gasteiger partial charge in [0.15, 0.2) is 0 Å². The Hall–Kier alpha value is -0.980. The van der Waals surface area contributed by atoms with Gasteiger partial charge >= 0.3 is 0 Å². The van der Waals surface area contributed by atoms with E-state index in [-0.39, 0.29) is 0 Å². The van der Waals surface area contributed by atoms with Gasteiger partial charge in [0.25, 0.3) is 0 Å². The zero-order valence-corrected chi connectivity index (χ0v) is 12.4. The van der Waals surface area contributed by atoms with Crippen LogP contribution in [0.15, 0.2) is 28.7 Å². The molecule has 0 bridgehead atoms. The number of nitrogens with zero attached hydrogens (tertiary/aromatic N) is 2. The summed E-state index contributed by atoms with van der Waals surface area (Å²) >= 11 is 4.80. The molecule has 1 aromatic carbocycles. The number of hydrogen-bond donors (Lipinski definition) is 1. The highest BCUT2D eigenvalue weighted by atomic mass is 79.9. The molecule has 1 N–H and O–H groups in total. The molecular weight excluding hydrogens is 314 g/mol. The van der Waals surface area contributed by atoms with Crippen LogP contribution < -0.4 is 5.32 Å². The summed E-state index contributed by atoms with van der Waals surface area (Å²) in [6, 6.07) is 8.08. The number of anilines is 1. The van der Waals surface area contributed by atoms with E-state index in [1.807, 2.05) is 31.2 Å². The Morgan fingerprint density at radius 2 is 2.28 bits per heavy atom.